The van der Waals surface area contributed by atoms with Gasteiger partial charge in [0.2, 0.25) is 0 Å². The van der Waals surface area contributed by atoms with E-state index in [9.17, 15) is 0 Å². The largest absolute Gasteiger partial charge is 0.372 e. The SMILES string of the molecule is CN(c1ccc(CBr)cc1)C1CCCC1. The van der Waals surface area contributed by atoms with E-state index in [0.717, 1.165) is 11.4 Å². The molecule has 0 radical (unpaired) electrons. The van der Waals surface area contributed by atoms with Crippen LogP contribution in [0.25, 0.3) is 0 Å². The zero-order chi connectivity index (χ0) is 10.7. The number of nitrogens with zero attached hydrogens (tertiary/aromatic N) is 1. The minimum atomic E-state index is 0.764. The van der Waals surface area contributed by atoms with Gasteiger partial charge in [0.1, 0.15) is 0 Å². The van der Waals surface area contributed by atoms with Crippen LogP contribution in [0.5, 0.6) is 0 Å². The molecule has 0 atom stereocenters. The molecule has 0 spiro atoms. The zero-order valence-electron chi connectivity index (χ0n) is 9.25. The molecule has 0 aromatic heterocycles. The van der Waals surface area contributed by atoms with E-state index in [1.165, 1.54) is 36.9 Å². The van der Waals surface area contributed by atoms with Crippen LogP contribution in [0.3, 0.4) is 0 Å². The van der Waals surface area contributed by atoms with Crippen molar-refractivity contribution in [3.63, 3.8) is 0 Å². The third kappa shape index (κ3) is 2.54. The minimum absolute atomic E-state index is 0.764. The third-order valence-electron chi connectivity index (χ3n) is 3.37. The first kappa shape index (κ1) is 11.0. The maximum Gasteiger partial charge on any atom is 0.0366 e. The molecule has 82 valence electrons. The highest BCUT2D eigenvalue weighted by atomic mass is 79.9. The summed E-state index contributed by atoms with van der Waals surface area (Å²) < 4.78 is 0. The number of hydrogen-bond donors (Lipinski definition) is 0. The Labute approximate surface area is 101 Å². The molecule has 1 aliphatic rings. The molecule has 0 unspecified atom stereocenters. The van der Waals surface area contributed by atoms with Crippen molar-refractivity contribution in [3.8, 4) is 0 Å². The van der Waals surface area contributed by atoms with E-state index < -0.39 is 0 Å². The van der Waals surface area contributed by atoms with Crippen molar-refractivity contribution in [3.05, 3.63) is 29.8 Å². The van der Waals surface area contributed by atoms with E-state index in [1.54, 1.807) is 0 Å². The number of halogens is 1. The minimum Gasteiger partial charge on any atom is -0.372 e. The van der Waals surface area contributed by atoms with Crippen molar-refractivity contribution in [2.45, 2.75) is 37.1 Å². The van der Waals surface area contributed by atoms with Crippen molar-refractivity contribution in [1.82, 2.24) is 0 Å². The molecular formula is C13H18BrN. The van der Waals surface area contributed by atoms with Gasteiger partial charge in [0.15, 0.2) is 0 Å². The Bertz CT molecular complexity index is 301. The molecule has 2 heteroatoms. The fourth-order valence-electron chi connectivity index (χ4n) is 2.32. The molecule has 0 bridgehead atoms. The molecule has 1 fully saturated rings. The first-order valence-corrected chi connectivity index (χ1v) is 6.81. The Morgan fingerprint density at radius 1 is 1.20 bits per heavy atom. The number of benzene rings is 1. The van der Waals surface area contributed by atoms with Gasteiger partial charge in [-0.2, -0.15) is 0 Å². The fraction of sp³-hybridized carbons (Fsp3) is 0.538. The Morgan fingerprint density at radius 2 is 1.80 bits per heavy atom. The van der Waals surface area contributed by atoms with Crippen LogP contribution in [0.15, 0.2) is 24.3 Å². The summed E-state index contributed by atoms with van der Waals surface area (Å²) in [6, 6.07) is 9.63. The van der Waals surface area contributed by atoms with Crippen LogP contribution in [0.1, 0.15) is 31.2 Å². The molecule has 0 saturated heterocycles. The number of anilines is 1. The Balaban J connectivity index is 2.07. The maximum atomic E-state index is 3.47. The summed E-state index contributed by atoms with van der Waals surface area (Å²) in [5, 5.41) is 0.945. The number of alkyl halides is 1. The first-order valence-electron chi connectivity index (χ1n) is 5.69. The summed E-state index contributed by atoms with van der Waals surface area (Å²) >= 11 is 3.47. The van der Waals surface area contributed by atoms with Gasteiger partial charge in [-0.15, -0.1) is 0 Å². The molecule has 1 aromatic rings. The van der Waals surface area contributed by atoms with E-state index in [-0.39, 0.29) is 0 Å². The van der Waals surface area contributed by atoms with Crippen LogP contribution in [-0.2, 0) is 5.33 Å². The van der Waals surface area contributed by atoms with Crippen molar-refractivity contribution in [2.75, 3.05) is 11.9 Å². The molecular weight excluding hydrogens is 250 g/mol. The predicted octanol–water partition coefficient (Wildman–Crippen LogP) is 3.96. The number of rotatable bonds is 3. The second-order valence-electron chi connectivity index (χ2n) is 4.35. The second-order valence-corrected chi connectivity index (χ2v) is 4.91. The summed E-state index contributed by atoms with van der Waals surface area (Å²) in [6.45, 7) is 0. The van der Waals surface area contributed by atoms with Crippen molar-refractivity contribution in [1.29, 1.82) is 0 Å². The van der Waals surface area contributed by atoms with E-state index in [2.05, 4.69) is 52.1 Å². The summed E-state index contributed by atoms with van der Waals surface area (Å²) in [5.41, 5.74) is 2.70. The molecule has 1 aromatic carbocycles. The van der Waals surface area contributed by atoms with Gasteiger partial charge in [-0.3, -0.25) is 0 Å². The van der Waals surface area contributed by atoms with Gasteiger partial charge in [-0.05, 0) is 30.5 Å². The van der Waals surface area contributed by atoms with Crippen LogP contribution in [0.4, 0.5) is 5.69 Å². The molecule has 1 aliphatic carbocycles. The van der Waals surface area contributed by atoms with Crippen LogP contribution in [-0.4, -0.2) is 13.1 Å². The smallest absolute Gasteiger partial charge is 0.0366 e. The van der Waals surface area contributed by atoms with E-state index in [4.69, 9.17) is 0 Å². The molecule has 0 amide bonds. The van der Waals surface area contributed by atoms with Crippen LogP contribution < -0.4 is 4.90 Å². The second kappa shape index (κ2) is 5.02. The third-order valence-corrected chi connectivity index (χ3v) is 4.02. The summed E-state index contributed by atoms with van der Waals surface area (Å²) in [5.74, 6) is 0. The molecule has 0 aliphatic heterocycles. The zero-order valence-corrected chi connectivity index (χ0v) is 10.8. The lowest BCUT2D eigenvalue weighted by molar-refractivity contribution is 0.653. The monoisotopic (exact) mass is 267 g/mol. The average Bonchev–Trinajstić information content (AvgIpc) is 2.82. The van der Waals surface area contributed by atoms with Gasteiger partial charge in [-0.1, -0.05) is 40.9 Å². The van der Waals surface area contributed by atoms with Crippen LogP contribution in [0.2, 0.25) is 0 Å². The van der Waals surface area contributed by atoms with Crippen LogP contribution in [0, 0.1) is 0 Å². The van der Waals surface area contributed by atoms with E-state index in [1.807, 2.05) is 0 Å². The quantitative estimate of drug-likeness (QED) is 0.750. The van der Waals surface area contributed by atoms with E-state index >= 15 is 0 Å². The normalized spacial score (nSPS) is 16.9. The Hall–Kier alpha value is -0.500. The van der Waals surface area contributed by atoms with Gasteiger partial charge in [0, 0.05) is 24.1 Å². The standard InChI is InChI=1S/C13H18BrN/c1-15(12-4-2-3-5-12)13-8-6-11(10-14)7-9-13/h6-9,12H,2-5,10H2,1H3. The number of hydrogen-bond acceptors (Lipinski definition) is 1. The average molecular weight is 268 g/mol. The van der Waals surface area contributed by atoms with Gasteiger partial charge in [0.25, 0.3) is 0 Å². The lowest BCUT2D eigenvalue weighted by Gasteiger charge is -2.26. The predicted molar refractivity (Wildman–Crippen MR) is 69.7 cm³/mol. The highest BCUT2D eigenvalue weighted by molar-refractivity contribution is 9.08. The molecule has 0 N–H and O–H groups in total. The molecule has 1 saturated carbocycles. The molecule has 0 heterocycles. The highest BCUT2D eigenvalue weighted by Crippen LogP contribution is 2.27. The summed E-state index contributed by atoms with van der Waals surface area (Å²) in [6.07, 6.45) is 5.51. The molecule has 2 rings (SSSR count). The van der Waals surface area contributed by atoms with E-state index in [0.29, 0.717) is 0 Å². The van der Waals surface area contributed by atoms with Crippen molar-refractivity contribution in [2.24, 2.45) is 0 Å². The van der Waals surface area contributed by atoms with Gasteiger partial charge < -0.3 is 4.90 Å². The maximum absolute atomic E-state index is 3.47. The van der Waals surface area contributed by atoms with Gasteiger partial charge in [0.05, 0.1) is 0 Å². The Kier molecular flexibility index (Phi) is 3.68. The fourth-order valence-corrected chi connectivity index (χ4v) is 2.70. The topological polar surface area (TPSA) is 3.24 Å². The summed E-state index contributed by atoms with van der Waals surface area (Å²) in [4.78, 5) is 2.44. The Morgan fingerprint density at radius 3 is 2.33 bits per heavy atom. The first-order chi connectivity index (χ1) is 7.31. The lowest BCUT2D eigenvalue weighted by atomic mass is 10.1. The van der Waals surface area contributed by atoms with Gasteiger partial charge in [-0.25, -0.2) is 0 Å². The van der Waals surface area contributed by atoms with Gasteiger partial charge >= 0.3 is 0 Å². The molecule has 1 nitrogen and oxygen atoms in total. The lowest BCUT2D eigenvalue weighted by Crippen LogP contribution is -2.28. The van der Waals surface area contributed by atoms with Crippen molar-refractivity contribution < 1.29 is 0 Å². The summed E-state index contributed by atoms with van der Waals surface area (Å²) in [7, 11) is 2.22. The van der Waals surface area contributed by atoms with Crippen LogP contribution >= 0.6 is 15.9 Å². The highest BCUT2D eigenvalue weighted by Gasteiger charge is 2.19. The molecule has 15 heavy (non-hydrogen) atoms. The van der Waals surface area contributed by atoms with Crippen molar-refractivity contribution >= 4 is 21.6 Å².